The summed E-state index contributed by atoms with van der Waals surface area (Å²) in [5, 5.41) is 9.72. The first-order valence-corrected chi connectivity index (χ1v) is 10.9. The highest BCUT2D eigenvalue weighted by Gasteiger charge is 2.33. The van der Waals surface area contributed by atoms with E-state index in [2.05, 4.69) is 26.6 Å². The molecule has 1 aliphatic carbocycles. The fourth-order valence-electron chi connectivity index (χ4n) is 3.59. The van der Waals surface area contributed by atoms with Crippen LogP contribution in [0.5, 0.6) is 0 Å². The molecule has 144 valence electrons. The SMILES string of the molecule is Cc1ccc(C(=O)C(C)Sc2nnc(N3CCC(C)CC3)n2C2CC2)cc1. The largest absolute Gasteiger partial charge is 0.341 e. The first-order chi connectivity index (χ1) is 13.0. The Hall–Kier alpha value is -1.82. The molecular formula is C21H28N4OS. The maximum atomic E-state index is 12.8. The molecule has 2 fully saturated rings. The van der Waals surface area contributed by atoms with E-state index in [9.17, 15) is 4.79 Å². The van der Waals surface area contributed by atoms with Crippen molar-refractivity contribution in [3.8, 4) is 0 Å². The Morgan fingerprint density at radius 3 is 2.41 bits per heavy atom. The highest BCUT2D eigenvalue weighted by molar-refractivity contribution is 8.00. The Balaban J connectivity index is 1.51. The van der Waals surface area contributed by atoms with Gasteiger partial charge in [-0.05, 0) is 45.4 Å². The number of benzene rings is 1. The van der Waals surface area contributed by atoms with Gasteiger partial charge in [-0.25, -0.2) is 0 Å². The summed E-state index contributed by atoms with van der Waals surface area (Å²) in [5.41, 5.74) is 1.93. The number of anilines is 1. The number of piperidine rings is 1. The number of aromatic nitrogens is 3. The first-order valence-electron chi connectivity index (χ1n) is 10.0. The van der Waals surface area contributed by atoms with E-state index in [1.165, 1.54) is 31.2 Å². The number of ketones is 1. The van der Waals surface area contributed by atoms with Crippen LogP contribution in [0.4, 0.5) is 5.95 Å². The summed E-state index contributed by atoms with van der Waals surface area (Å²) >= 11 is 1.54. The molecule has 1 atom stereocenters. The van der Waals surface area contributed by atoms with Gasteiger partial charge in [0, 0.05) is 24.7 Å². The smallest absolute Gasteiger partial charge is 0.228 e. The maximum absolute atomic E-state index is 12.8. The lowest BCUT2D eigenvalue weighted by Crippen LogP contribution is -2.34. The van der Waals surface area contributed by atoms with Crippen molar-refractivity contribution in [2.75, 3.05) is 18.0 Å². The van der Waals surface area contributed by atoms with E-state index >= 15 is 0 Å². The molecule has 1 aromatic heterocycles. The van der Waals surface area contributed by atoms with E-state index in [4.69, 9.17) is 0 Å². The molecule has 4 rings (SSSR count). The van der Waals surface area contributed by atoms with Crippen LogP contribution in [0.2, 0.25) is 0 Å². The van der Waals surface area contributed by atoms with Crippen LogP contribution in [0.25, 0.3) is 0 Å². The predicted octanol–water partition coefficient (Wildman–Crippen LogP) is 4.52. The quantitative estimate of drug-likeness (QED) is 0.541. The fourth-order valence-corrected chi connectivity index (χ4v) is 4.58. The second-order valence-electron chi connectivity index (χ2n) is 8.04. The van der Waals surface area contributed by atoms with Crippen molar-refractivity contribution in [3.05, 3.63) is 35.4 Å². The lowest BCUT2D eigenvalue weighted by molar-refractivity contribution is 0.0994. The van der Waals surface area contributed by atoms with Crippen molar-refractivity contribution in [1.82, 2.24) is 14.8 Å². The molecule has 0 radical (unpaired) electrons. The van der Waals surface area contributed by atoms with Crippen LogP contribution in [0, 0.1) is 12.8 Å². The van der Waals surface area contributed by atoms with Gasteiger partial charge in [0.2, 0.25) is 5.95 Å². The Morgan fingerprint density at radius 2 is 1.78 bits per heavy atom. The molecule has 5 nitrogen and oxygen atoms in total. The van der Waals surface area contributed by atoms with Crippen LogP contribution < -0.4 is 4.90 Å². The second kappa shape index (κ2) is 7.66. The minimum atomic E-state index is -0.177. The molecule has 2 aliphatic rings. The highest BCUT2D eigenvalue weighted by atomic mass is 32.2. The molecular weight excluding hydrogens is 356 g/mol. The second-order valence-corrected chi connectivity index (χ2v) is 9.35. The van der Waals surface area contributed by atoms with Crippen LogP contribution in [0.15, 0.2) is 29.4 Å². The molecule has 1 aliphatic heterocycles. The number of carbonyl (C=O) groups is 1. The van der Waals surface area contributed by atoms with E-state index in [0.717, 1.165) is 35.7 Å². The molecule has 1 saturated carbocycles. The summed E-state index contributed by atoms with van der Waals surface area (Å²) in [6, 6.07) is 8.32. The van der Waals surface area contributed by atoms with Crippen LogP contribution in [-0.2, 0) is 0 Å². The van der Waals surface area contributed by atoms with E-state index in [-0.39, 0.29) is 11.0 Å². The van der Waals surface area contributed by atoms with Gasteiger partial charge in [-0.15, -0.1) is 10.2 Å². The minimum Gasteiger partial charge on any atom is -0.341 e. The number of thioether (sulfide) groups is 1. The number of hydrogen-bond donors (Lipinski definition) is 0. The van der Waals surface area contributed by atoms with Crippen molar-refractivity contribution < 1.29 is 4.79 Å². The van der Waals surface area contributed by atoms with Gasteiger partial charge in [0.25, 0.3) is 0 Å². The molecule has 27 heavy (non-hydrogen) atoms. The Kier molecular flexibility index (Phi) is 5.26. The molecule has 0 N–H and O–H groups in total. The summed E-state index contributed by atoms with van der Waals surface area (Å²) in [5.74, 6) is 1.94. The number of carbonyl (C=O) groups excluding carboxylic acids is 1. The van der Waals surface area contributed by atoms with E-state index in [1.807, 2.05) is 38.1 Å². The number of rotatable bonds is 6. The van der Waals surface area contributed by atoms with Crippen molar-refractivity contribution in [2.45, 2.75) is 62.9 Å². The van der Waals surface area contributed by atoms with Gasteiger partial charge in [0.1, 0.15) is 0 Å². The van der Waals surface area contributed by atoms with Gasteiger partial charge in [0.05, 0.1) is 5.25 Å². The fraction of sp³-hybridized carbons (Fsp3) is 0.571. The zero-order chi connectivity index (χ0) is 19.0. The van der Waals surface area contributed by atoms with Crippen LogP contribution in [-0.4, -0.2) is 38.9 Å². The molecule has 1 saturated heterocycles. The summed E-state index contributed by atoms with van der Waals surface area (Å²) < 4.78 is 2.29. The zero-order valence-electron chi connectivity index (χ0n) is 16.4. The molecule has 0 bridgehead atoms. The van der Waals surface area contributed by atoms with Crippen molar-refractivity contribution in [1.29, 1.82) is 0 Å². The lowest BCUT2D eigenvalue weighted by atomic mass is 10.00. The molecule has 2 aromatic rings. The molecule has 1 unspecified atom stereocenters. The van der Waals surface area contributed by atoms with Gasteiger partial charge in [-0.2, -0.15) is 0 Å². The number of Topliss-reactive ketones (excluding diaryl/α,β-unsaturated/α-hetero) is 1. The van der Waals surface area contributed by atoms with Crippen LogP contribution in [0.1, 0.15) is 61.5 Å². The third-order valence-corrected chi connectivity index (χ3v) is 6.67. The average molecular weight is 385 g/mol. The number of hydrogen-bond acceptors (Lipinski definition) is 5. The molecule has 6 heteroatoms. The first kappa shape index (κ1) is 18.5. The molecule has 0 spiro atoms. The van der Waals surface area contributed by atoms with E-state index in [1.54, 1.807) is 11.8 Å². The summed E-state index contributed by atoms with van der Waals surface area (Å²) in [6.45, 7) is 8.43. The number of nitrogens with zero attached hydrogens (tertiary/aromatic N) is 4. The molecule has 1 aromatic carbocycles. The highest BCUT2D eigenvalue weighted by Crippen LogP contribution is 2.42. The van der Waals surface area contributed by atoms with Crippen molar-refractivity contribution in [3.63, 3.8) is 0 Å². The van der Waals surface area contributed by atoms with Crippen LogP contribution in [0.3, 0.4) is 0 Å². The Labute approximate surface area is 165 Å². The molecule has 0 amide bonds. The normalized spacial score (nSPS) is 19.3. The van der Waals surface area contributed by atoms with E-state index < -0.39 is 0 Å². The van der Waals surface area contributed by atoms with Gasteiger partial charge in [-0.3, -0.25) is 9.36 Å². The van der Waals surface area contributed by atoms with Gasteiger partial charge < -0.3 is 4.90 Å². The Morgan fingerprint density at radius 1 is 1.11 bits per heavy atom. The van der Waals surface area contributed by atoms with Gasteiger partial charge in [0.15, 0.2) is 10.9 Å². The lowest BCUT2D eigenvalue weighted by Gasteiger charge is -2.31. The van der Waals surface area contributed by atoms with Crippen molar-refractivity contribution >= 4 is 23.5 Å². The van der Waals surface area contributed by atoms with Gasteiger partial charge >= 0.3 is 0 Å². The topological polar surface area (TPSA) is 51.0 Å². The summed E-state index contributed by atoms with van der Waals surface area (Å²) in [4.78, 5) is 15.2. The van der Waals surface area contributed by atoms with Crippen LogP contribution >= 0.6 is 11.8 Å². The Bertz CT molecular complexity index is 804. The average Bonchev–Trinajstić information content (AvgIpc) is 3.43. The summed E-state index contributed by atoms with van der Waals surface area (Å²) in [6.07, 6.45) is 4.79. The van der Waals surface area contributed by atoms with Crippen molar-refractivity contribution in [2.24, 2.45) is 5.92 Å². The predicted molar refractivity (Wildman–Crippen MR) is 110 cm³/mol. The third-order valence-electron chi connectivity index (χ3n) is 5.61. The zero-order valence-corrected chi connectivity index (χ0v) is 17.2. The number of aryl methyl sites for hydroxylation is 1. The van der Waals surface area contributed by atoms with Gasteiger partial charge in [-0.1, -0.05) is 48.5 Å². The molecule has 2 heterocycles. The monoisotopic (exact) mass is 384 g/mol. The standard InChI is InChI=1S/C21H28N4OS/c1-14-4-6-17(7-5-14)19(26)16(3)27-21-23-22-20(25(21)18-8-9-18)24-12-10-15(2)11-13-24/h4-7,15-16,18H,8-13H2,1-3H3. The summed E-state index contributed by atoms with van der Waals surface area (Å²) in [7, 11) is 0. The maximum Gasteiger partial charge on any atom is 0.228 e. The van der Waals surface area contributed by atoms with E-state index in [0.29, 0.717) is 6.04 Å². The third kappa shape index (κ3) is 4.05. The minimum absolute atomic E-state index is 0.152.